The third-order valence-electron chi connectivity index (χ3n) is 5.13. The minimum atomic E-state index is -1.98. The van der Waals surface area contributed by atoms with Crippen molar-refractivity contribution in [3.8, 4) is 0 Å². The van der Waals surface area contributed by atoms with Gasteiger partial charge in [0.05, 0.1) is 6.61 Å². The smallest absolute Gasteiger partial charge is 0.351 e. The molecule has 0 aliphatic carbocycles. The lowest BCUT2D eigenvalue weighted by atomic mass is 10.1. The Kier molecular flexibility index (Phi) is 5.74. The summed E-state index contributed by atoms with van der Waals surface area (Å²) >= 11 is 0. The number of rotatable bonds is 5. The molecule has 1 unspecified atom stereocenters. The number of nitrogens with zero attached hydrogens (tertiary/aromatic N) is 2. The summed E-state index contributed by atoms with van der Waals surface area (Å²) in [7, 11) is -0.514. The summed E-state index contributed by atoms with van der Waals surface area (Å²) in [5, 5.41) is 10.6. The van der Waals surface area contributed by atoms with E-state index in [0.717, 1.165) is 0 Å². The highest BCUT2D eigenvalue weighted by Crippen LogP contribution is 2.38. The maximum Gasteiger partial charge on any atom is 0.351 e. The maximum absolute atomic E-state index is 12.1. The predicted molar refractivity (Wildman–Crippen MR) is 96.8 cm³/mol. The molecule has 0 saturated carbocycles. The van der Waals surface area contributed by atoms with Gasteiger partial charge in [0.25, 0.3) is 0 Å². The molecule has 4 atom stereocenters. The Morgan fingerprint density at radius 3 is 2.60 bits per heavy atom. The molecule has 1 fully saturated rings. The van der Waals surface area contributed by atoms with Gasteiger partial charge in [-0.15, -0.1) is 0 Å². The van der Waals surface area contributed by atoms with Gasteiger partial charge in [-0.25, -0.2) is 4.79 Å². The summed E-state index contributed by atoms with van der Waals surface area (Å²) in [6.07, 6.45) is -1.49. The van der Waals surface area contributed by atoms with E-state index in [-0.39, 0.29) is 17.5 Å². The van der Waals surface area contributed by atoms with E-state index < -0.39 is 38.5 Å². The lowest BCUT2D eigenvalue weighted by Gasteiger charge is -2.37. The van der Waals surface area contributed by atoms with Gasteiger partial charge in [-0.3, -0.25) is 4.57 Å². The average Bonchev–Trinajstić information content (AvgIpc) is 2.80. The summed E-state index contributed by atoms with van der Waals surface area (Å²) in [6, 6.07) is 1.50. The van der Waals surface area contributed by atoms with Crippen LogP contribution in [0.1, 0.15) is 27.0 Å². The maximum atomic E-state index is 12.1. The highest BCUT2D eigenvalue weighted by molar-refractivity contribution is 6.74. The van der Waals surface area contributed by atoms with Gasteiger partial charge in [-0.1, -0.05) is 20.8 Å². The standard InChI is InChI=1S/C16H29N3O5Si/c1-16(2,3)25(5,6)23-9-10-12(20)13(22-4)14(24-10)19-8-7-11(17)18-15(19)21/h7-8,10,12-14,20H,9H2,1-6H3,(H2,17,18,21)/t10-,12+,13?,14-/m1/s1. The fourth-order valence-electron chi connectivity index (χ4n) is 2.46. The van der Waals surface area contributed by atoms with Crippen molar-refractivity contribution in [3.05, 3.63) is 22.7 Å². The first-order valence-electron chi connectivity index (χ1n) is 8.33. The average molecular weight is 372 g/mol. The summed E-state index contributed by atoms with van der Waals surface area (Å²) in [6.45, 7) is 10.9. The van der Waals surface area contributed by atoms with Crippen LogP contribution in [0.25, 0.3) is 0 Å². The first kappa shape index (κ1) is 20.1. The van der Waals surface area contributed by atoms with Crippen molar-refractivity contribution < 1.29 is 19.0 Å². The molecule has 1 aromatic heterocycles. The predicted octanol–water partition coefficient (Wildman–Crippen LogP) is 1.12. The van der Waals surface area contributed by atoms with Crippen molar-refractivity contribution >= 4 is 14.1 Å². The number of nitrogens with two attached hydrogens (primary N) is 1. The zero-order chi connectivity index (χ0) is 19.0. The van der Waals surface area contributed by atoms with Gasteiger partial charge in [-0.2, -0.15) is 4.98 Å². The largest absolute Gasteiger partial charge is 0.414 e. The molecular weight excluding hydrogens is 342 g/mol. The second-order valence-corrected chi connectivity index (χ2v) is 12.7. The van der Waals surface area contributed by atoms with Gasteiger partial charge < -0.3 is 24.7 Å². The molecule has 3 N–H and O–H groups in total. The first-order chi connectivity index (χ1) is 11.5. The highest BCUT2D eigenvalue weighted by atomic mass is 28.4. The van der Waals surface area contributed by atoms with Crippen molar-refractivity contribution in [2.45, 2.75) is 63.4 Å². The minimum Gasteiger partial charge on any atom is -0.414 e. The highest BCUT2D eigenvalue weighted by Gasteiger charge is 2.47. The first-order valence-corrected chi connectivity index (χ1v) is 11.2. The molecule has 1 aromatic rings. The van der Waals surface area contributed by atoms with E-state index in [2.05, 4.69) is 38.8 Å². The van der Waals surface area contributed by atoms with E-state index in [4.69, 9.17) is 19.6 Å². The van der Waals surface area contributed by atoms with Crippen LogP contribution in [0.4, 0.5) is 5.82 Å². The summed E-state index contributed by atoms with van der Waals surface area (Å²) in [4.78, 5) is 15.8. The lowest BCUT2D eigenvalue weighted by Crippen LogP contribution is -2.44. The molecule has 0 amide bonds. The molecule has 0 bridgehead atoms. The third-order valence-corrected chi connectivity index (χ3v) is 9.63. The lowest BCUT2D eigenvalue weighted by molar-refractivity contribution is -0.0612. The SMILES string of the molecule is COC1[C@@H](O)[C@@H](CO[Si](C)(C)C(C)(C)C)O[C@H]1n1ccc(N)nc1=O. The van der Waals surface area contributed by atoms with Gasteiger partial charge in [0.15, 0.2) is 14.5 Å². The molecule has 0 spiro atoms. The van der Waals surface area contributed by atoms with Crippen LogP contribution >= 0.6 is 0 Å². The molecule has 25 heavy (non-hydrogen) atoms. The summed E-state index contributed by atoms with van der Waals surface area (Å²) in [5.41, 5.74) is 4.97. The van der Waals surface area contributed by atoms with Gasteiger partial charge in [0.1, 0.15) is 24.1 Å². The van der Waals surface area contributed by atoms with E-state index in [0.29, 0.717) is 0 Å². The molecule has 8 nitrogen and oxygen atoms in total. The van der Waals surface area contributed by atoms with Crippen LogP contribution in [0, 0.1) is 0 Å². The molecule has 1 aliphatic rings. The second kappa shape index (κ2) is 7.16. The monoisotopic (exact) mass is 371 g/mol. The Hall–Kier alpha value is -1.26. The number of methoxy groups -OCH3 is 1. The number of hydrogen-bond donors (Lipinski definition) is 2. The summed E-state index contributed by atoms with van der Waals surface area (Å²) < 4.78 is 18.7. The molecule has 9 heteroatoms. The summed E-state index contributed by atoms with van der Waals surface area (Å²) in [5.74, 6) is 0.131. The van der Waals surface area contributed by atoms with Crippen molar-refractivity contribution in [2.24, 2.45) is 0 Å². The van der Waals surface area contributed by atoms with Crippen LogP contribution in [0.5, 0.6) is 0 Å². The van der Waals surface area contributed by atoms with E-state index in [1.807, 2.05) is 0 Å². The number of hydrogen-bond acceptors (Lipinski definition) is 7. The number of aliphatic hydroxyl groups excluding tert-OH is 1. The molecule has 1 aliphatic heterocycles. The van der Waals surface area contributed by atoms with Gasteiger partial charge in [0, 0.05) is 13.3 Å². The molecule has 0 radical (unpaired) electrons. The Morgan fingerprint density at radius 1 is 1.44 bits per heavy atom. The fourth-order valence-corrected chi connectivity index (χ4v) is 3.48. The van der Waals surface area contributed by atoms with Gasteiger partial charge in [0.2, 0.25) is 0 Å². The third kappa shape index (κ3) is 4.12. The molecule has 2 heterocycles. The van der Waals surface area contributed by atoms with E-state index in [1.165, 1.54) is 23.9 Å². The molecule has 0 aromatic carbocycles. The number of nitrogen functional groups attached to an aromatic ring is 1. The normalized spacial score (nSPS) is 27.6. The zero-order valence-electron chi connectivity index (χ0n) is 15.7. The van der Waals surface area contributed by atoms with Gasteiger partial charge >= 0.3 is 5.69 Å². The number of anilines is 1. The molecule has 1 saturated heterocycles. The number of aromatic nitrogens is 2. The van der Waals surface area contributed by atoms with E-state index in [9.17, 15) is 9.90 Å². The topological polar surface area (TPSA) is 109 Å². The van der Waals surface area contributed by atoms with E-state index in [1.54, 1.807) is 0 Å². The van der Waals surface area contributed by atoms with Crippen LogP contribution in [-0.4, -0.2) is 55.0 Å². The van der Waals surface area contributed by atoms with Crippen molar-refractivity contribution in [3.63, 3.8) is 0 Å². The minimum absolute atomic E-state index is 0.0500. The second-order valence-electron chi connectivity index (χ2n) is 7.87. The van der Waals surface area contributed by atoms with Crippen molar-refractivity contribution in [1.82, 2.24) is 9.55 Å². The van der Waals surface area contributed by atoms with Crippen molar-refractivity contribution in [1.29, 1.82) is 0 Å². The molecule has 2 rings (SSSR count). The van der Waals surface area contributed by atoms with E-state index >= 15 is 0 Å². The Labute approximate surface area is 149 Å². The van der Waals surface area contributed by atoms with Crippen LogP contribution in [0.15, 0.2) is 17.1 Å². The van der Waals surface area contributed by atoms with Crippen LogP contribution in [0.3, 0.4) is 0 Å². The quantitative estimate of drug-likeness (QED) is 0.747. The van der Waals surface area contributed by atoms with Crippen LogP contribution in [-0.2, 0) is 13.9 Å². The van der Waals surface area contributed by atoms with Gasteiger partial charge in [-0.05, 0) is 24.2 Å². The van der Waals surface area contributed by atoms with Crippen LogP contribution in [0.2, 0.25) is 18.1 Å². The number of aliphatic hydroxyl groups is 1. The zero-order valence-corrected chi connectivity index (χ0v) is 16.7. The fraction of sp³-hybridized carbons (Fsp3) is 0.750. The Balaban J connectivity index is 2.17. The Morgan fingerprint density at radius 2 is 2.08 bits per heavy atom. The molecular formula is C16H29N3O5Si. The Bertz CT molecular complexity index is 658. The van der Waals surface area contributed by atoms with Crippen LogP contribution < -0.4 is 11.4 Å². The molecule has 142 valence electrons. The number of ether oxygens (including phenoxy) is 2. The van der Waals surface area contributed by atoms with Crippen molar-refractivity contribution in [2.75, 3.05) is 19.5 Å².